The molecule has 0 saturated carbocycles. The second-order valence-corrected chi connectivity index (χ2v) is 4.90. The second kappa shape index (κ2) is 5.05. The molecule has 0 radical (unpaired) electrons. The summed E-state index contributed by atoms with van der Waals surface area (Å²) in [5, 5.41) is 12.5. The molecule has 0 saturated heterocycles. The van der Waals surface area contributed by atoms with Crippen LogP contribution in [0.4, 0.5) is 0 Å². The third-order valence-electron chi connectivity index (χ3n) is 3.28. The van der Waals surface area contributed by atoms with Crippen LogP contribution in [-0.2, 0) is 6.42 Å². The maximum Gasteiger partial charge on any atom is 0.122 e. The first-order valence-corrected chi connectivity index (χ1v) is 6.53. The molecular weight excluding hydrogens is 260 g/mol. The number of benzene rings is 1. The average molecular weight is 277 g/mol. The monoisotopic (exact) mass is 276 g/mol. The van der Waals surface area contributed by atoms with Crippen molar-refractivity contribution >= 4 is 17.4 Å². The Bertz CT molecular complexity index is 643. The smallest absolute Gasteiger partial charge is 0.122 e. The fraction of sp³-hybridized carbons (Fsp3) is 0.286. The number of nitrogen functional groups attached to an aromatic ring is 1. The van der Waals surface area contributed by atoms with Crippen molar-refractivity contribution in [3.63, 3.8) is 0 Å². The molecule has 2 aromatic rings. The van der Waals surface area contributed by atoms with Crippen LogP contribution in [0.2, 0.25) is 5.02 Å². The Morgan fingerprint density at radius 2 is 2.11 bits per heavy atom. The second-order valence-electron chi connectivity index (χ2n) is 4.49. The molecule has 0 fully saturated rings. The van der Waals surface area contributed by atoms with E-state index in [1.807, 2.05) is 24.6 Å². The number of nitrogens with one attached hydrogen (secondary N) is 1. The molecule has 1 aromatic carbocycles. The Labute approximate surface area is 117 Å². The Balaban J connectivity index is 2.57. The zero-order valence-electron chi connectivity index (χ0n) is 11.3. The summed E-state index contributed by atoms with van der Waals surface area (Å²) in [6.07, 6.45) is 0.945. The van der Waals surface area contributed by atoms with Gasteiger partial charge in [0, 0.05) is 11.3 Å². The van der Waals surface area contributed by atoms with Gasteiger partial charge >= 0.3 is 0 Å². The topological polar surface area (TPSA) is 67.7 Å². The number of hydrogen-bond donors (Lipinski definition) is 2. The van der Waals surface area contributed by atoms with E-state index in [0.717, 1.165) is 23.5 Å². The summed E-state index contributed by atoms with van der Waals surface area (Å²) in [7, 11) is 0. The van der Waals surface area contributed by atoms with E-state index >= 15 is 0 Å². The van der Waals surface area contributed by atoms with Crippen LogP contribution in [0, 0.1) is 19.3 Å². The van der Waals surface area contributed by atoms with Crippen LogP contribution < -0.4 is 5.73 Å². The van der Waals surface area contributed by atoms with Crippen LogP contribution in [0.25, 0.3) is 5.69 Å². The highest BCUT2D eigenvalue weighted by Crippen LogP contribution is 2.25. The molecule has 100 valence electrons. The number of amidine groups is 1. The van der Waals surface area contributed by atoms with Crippen LogP contribution in [-0.4, -0.2) is 15.6 Å². The molecule has 5 heteroatoms. The summed E-state index contributed by atoms with van der Waals surface area (Å²) in [5.74, 6) is 0.0102. The number of nitrogens with two attached hydrogens (primary N) is 1. The molecule has 0 amide bonds. The first-order valence-electron chi connectivity index (χ1n) is 6.15. The Kier molecular flexibility index (Phi) is 3.62. The van der Waals surface area contributed by atoms with Gasteiger partial charge in [0.2, 0.25) is 0 Å². The van der Waals surface area contributed by atoms with Crippen molar-refractivity contribution in [2.45, 2.75) is 27.2 Å². The fourth-order valence-corrected chi connectivity index (χ4v) is 2.53. The standard InChI is InChI=1S/C14H17ClN4/c1-4-11-8(2)18-19(9(11)3)13-6-5-10(14(16)17)7-12(13)15/h5-7H,4H2,1-3H3,(H3,16,17). The lowest BCUT2D eigenvalue weighted by molar-refractivity contribution is 0.832. The fourth-order valence-electron chi connectivity index (χ4n) is 2.27. The summed E-state index contributed by atoms with van der Waals surface area (Å²) in [6, 6.07) is 5.32. The molecule has 0 aliphatic rings. The largest absolute Gasteiger partial charge is 0.384 e. The molecular formula is C14H17ClN4. The van der Waals surface area contributed by atoms with E-state index in [-0.39, 0.29) is 5.84 Å². The predicted molar refractivity (Wildman–Crippen MR) is 78.4 cm³/mol. The first kappa shape index (κ1) is 13.6. The third kappa shape index (κ3) is 2.36. The highest BCUT2D eigenvalue weighted by molar-refractivity contribution is 6.32. The Hall–Kier alpha value is -1.81. The molecule has 4 nitrogen and oxygen atoms in total. The van der Waals surface area contributed by atoms with E-state index < -0.39 is 0 Å². The number of aryl methyl sites for hydroxylation is 1. The van der Waals surface area contributed by atoms with Gasteiger partial charge in [-0.2, -0.15) is 5.10 Å². The van der Waals surface area contributed by atoms with E-state index in [9.17, 15) is 0 Å². The van der Waals surface area contributed by atoms with Crippen molar-refractivity contribution in [1.82, 2.24) is 9.78 Å². The highest BCUT2D eigenvalue weighted by atomic mass is 35.5. The van der Waals surface area contributed by atoms with Gasteiger partial charge in [0.1, 0.15) is 5.84 Å². The van der Waals surface area contributed by atoms with Gasteiger partial charge in [-0.3, -0.25) is 5.41 Å². The number of aromatic nitrogens is 2. The van der Waals surface area contributed by atoms with Crippen molar-refractivity contribution in [3.05, 3.63) is 45.7 Å². The van der Waals surface area contributed by atoms with Crippen LogP contribution in [0.3, 0.4) is 0 Å². The summed E-state index contributed by atoms with van der Waals surface area (Å²) < 4.78 is 1.85. The van der Waals surface area contributed by atoms with E-state index in [1.54, 1.807) is 12.1 Å². The molecule has 0 bridgehead atoms. The highest BCUT2D eigenvalue weighted by Gasteiger charge is 2.13. The molecule has 0 atom stereocenters. The number of nitrogens with zero attached hydrogens (tertiary/aromatic N) is 2. The van der Waals surface area contributed by atoms with Crippen LogP contribution >= 0.6 is 11.6 Å². The maximum atomic E-state index is 7.41. The summed E-state index contributed by atoms with van der Waals surface area (Å²) in [4.78, 5) is 0. The van der Waals surface area contributed by atoms with Crippen molar-refractivity contribution in [2.75, 3.05) is 0 Å². The zero-order chi connectivity index (χ0) is 14.2. The van der Waals surface area contributed by atoms with Crippen LogP contribution in [0.1, 0.15) is 29.4 Å². The number of hydrogen-bond acceptors (Lipinski definition) is 2. The molecule has 19 heavy (non-hydrogen) atoms. The summed E-state index contributed by atoms with van der Waals surface area (Å²) in [5.41, 5.74) is 10.2. The van der Waals surface area contributed by atoms with Gasteiger partial charge in [0.05, 0.1) is 16.4 Å². The zero-order valence-corrected chi connectivity index (χ0v) is 12.0. The Morgan fingerprint density at radius 3 is 2.58 bits per heavy atom. The summed E-state index contributed by atoms with van der Waals surface area (Å²) >= 11 is 6.27. The quantitative estimate of drug-likeness (QED) is 0.668. The van der Waals surface area contributed by atoms with Gasteiger partial charge in [0.15, 0.2) is 0 Å². The predicted octanol–water partition coefficient (Wildman–Crippen LogP) is 2.99. The third-order valence-corrected chi connectivity index (χ3v) is 3.58. The van der Waals surface area contributed by atoms with Gasteiger partial charge < -0.3 is 5.73 Å². The number of halogens is 1. The Morgan fingerprint density at radius 1 is 1.42 bits per heavy atom. The minimum Gasteiger partial charge on any atom is -0.384 e. The van der Waals surface area contributed by atoms with Crippen molar-refractivity contribution in [2.24, 2.45) is 5.73 Å². The van der Waals surface area contributed by atoms with E-state index in [1.165, 1.54) is 5.56 Å². The van der Waals surface area contributed by atoms with E-state index in [2.05, 4.69) is 12.0 Å². The van der Waals surface area contributed by atoms with Gasteiger partial charge in [0.25, 0.3) is 0 Å². The van der Waals surface area contributed by atoms with Gasteiger partial charge in [-0.05, 0) is 44.0 Å². The maximum absolute atomic E-state index is 7.41. The first-order chi connectivity index (χ1) is 8.95. The minimum atomic E-state index is 0.0102. The molecule has 1 heterocycles. The molecule has 0 spiro atoms. The lowest BCUT2D eigenvalue weighted by Crippen LogP contribution is -2.11. The molecule has 0 aliphatic carbocycles. The molecule has 3 N–H and O–H groups in total. The van der Waals surface area contributed by atoms with Crippen LogP contribution in [0.15, 0.2) is 18.2 Å². The van der Waals surface area contributed by atoms with Gasteiger partial charge in [-0.15, -0.1) is 0 Å². The van der Waals surface area contributed by atoms with Gasteiger partial charge in [-0.25, -0.2) is 4.68 Å². The molecule has 2 rings (SSSR count). The van der Waals surface area contributed by atoms with Crippen molar-refractivity contribution in [1.29, 1.82) is 5.41 Å². The molecule has 0 aliphatic heterocycles. The van der Waals surface area contributed by atoms with Gasteiger partial charge in [-0.1, -0.05) is 18.5 Å². The SMILES string of the molecule is CCc1c(C)nn(-c2ccc(C(=N)N)cc2Cl)c1C. The van der Waals surface area contributed by atoms with E-state index in [4.69, 9.17) is 22.7 Å². The number of rotatable bonds is 3. The van der Waals surface area contributed by atoms with Crippen molar-refractivity contribution < 1.29 is 0 Å². The lowest BCUT2D eigenvalue weighted by Gasteiger charge is -2.09. The normalized spacial score (nSPS) is 10.7. The van der Waals surface area contributed by atoms with Crippen LogP contribution in [0.5, 0.6) is 0 Å². The van der Waals surface area contributed by atoms with E-state index in [0.29, 0.717) is 10.6 Å². The average Bonchev–Trinajstić information content (AvgIpc) is 2.64. The molecule has 0 unspecified atom stereocenters. The summed E-state index contributed by atoms with van der Waals surface area (Å²) in [6.45, 7) is 6.15. The minimum absolute atomic E-state index is 0.0102. The lowest BCUT2D eigenvalue weighted by atomic mass is 10.1. The van der Waals surface area contributed by atoms with Crippen molar-refractivity contribution in [3.8, 4) is 5.69 Å². The molecule has 1 aromatic heterocycles.